The van der Waals surface area contributed by atoms with E-state index in [-0.39, 0.29) is 5.91 Å². The molecule has 0 fully saturated rings. The minimum atomic E-state index is -0.120. The molecule has 0 aliphatic heterocycles. The Balaban J connectivity index is 1.75. The van der Waals surface area contributed by atoms with E-state index in [0.29, 0.717) is 10.7 Å². The van der Waals surface area contributed by atoms with Crippen LogP contribution in [0.25, 0.3) is 10.1 Å². The molecule has 0 spiro atoms. The lowest BCUT2D eigenvalue weighted by atomic mass is 10.2. The number of aryl methyl sites for hydroxylation is 1. The van der Waals surface area contributed by atoms with Crippen LogP contribution in [-0.4, -0.2) is 16.1 Å². The number of fused-ring (bicyclic) bond motifs is 1. The van der Waals surface area contributed by atoms with Crippen molar-refractivity contribution in [3.05, 3.63) is 40.2 Å². The average molecular weight is 317 g/mol. The van der Waals surface area contributed by atoms with Gasteiger partial charge in [0.2, 0.25) is 5.13 Å². The molecule has 2 heterocycles. The maximum atomic E-state index is 12.3. The Morgan fingerprint density at radius 2 is 2.14 bits per heavy atom. The van der Waals surface area contributed by atoms with Crippen molar-refractivity contribution in [2.45, 2.75) is 26.2 Å². The van der Waals surface area contributed by atoms with E-state index in [2.05, 4.69) is 22.4 Å². The van der Waals surface area contributed by atoms with E-state index in [1.165, 1.54) is 11.3 Å². The molecule has 0 unspecified atom stereocenters. The van der Waals surface area contributed by atoms with Crippen molar-refractivity contribution in [1.82, 2.24) is 10.2 Å². The molecule has 4 nitrogen and oxygen atoms in total. The molecular weight excluding hydrogens is 302 g/mol. The summed E-state index contributed by atoms with van der Waals surface area (Å²) in [6, 6.07) is 7.91. The first kappa shape index (κ1) is 14.2. The Kier molecular flexibility index (Phi) is 4.26. The van der Waals surface area contributed by atoms with Gasteiger partial charge in [0, 0.05) is 21.9 Å². The van der Waals surface area contributed by atoms with E-state index >= 15 is 0 Å². The minimum absolute atomic E-state index is 0.120. The quantitative estimate of drug-likeness (QED) is 0.761. The highest BCUT2D eigenvalue weighted by atomic mass is 32.1. The fourth-order valence-electron chi connectivity index (χ4n) is 2.05. The summed E-state index contributed by atoms with van der Waals surface area (Å²) in [7, 11) is 0. The van der Waals surface area contributed by atoms with Gasteiger partial charge in [-0.1, -0.05) is 42.9 Å². The highest BCUT2D eigenvalue weighted by Gasteiger charge is 2.14. The second-order valence-electron chi connectivity index (χ2n) is 4.70. The molecule has 0 saturated heterocycles. The fourth-order valence-corrected chi connectivity index (χ4v) is 3.77. The third kappa shape index (κ3) is 3.11. The molecule has 0 bridgehead atoms. The van der Waals surface area contributed by atoms with Crippen LogP contribution >= 0.6 is 22.7 Å². The highest BCUT2D eigenvalue weighted by Crippen LogP contribution is 2.27. The SMILES string of the molecule is CCCCc1nnc(NC(=O)c2csc3ccccc23)s1. The van der Waals surface area contributed by atoms with Crippen LogP contribution in [0.2, 0.25) is 0 Å². The zero-order valence-corrected chi connectivity index (χ0v) is 13.3. The van der Waals surface area contributed by atoms with E-state index in [9.17, 15) is 4.79 Å². The van der Waals surface area contributed by atoms with Gasteiger partial charge in [-0.2, -0.15) is 0 Å². The Morgan fingerprint density at radius 1 is 1.29 bits per heavy atom. The third-order valence-corrected chi connectivity index (χ3v) is 5.02. The fraction of sp³-hybridized carbons (Fsp3) is 0.267. The van der Waals surface area contributed by atoms with Crippen molar-refractivity contribution < 1.29 is 4.79 Å². The first-order chi connectivity index (χ1) is 10.3. The summed E-state index contributed by atoms with van der Waals surface area (Å²) in [5, 5.41) is 15.4. The predicted octanol–water partition coefficient (Wildman–Crippen LogP) is 4.35. The number of anilines is 1. The maximum Gasteiger partial charge on any atom is 0.258 e. The molecule has 6 heteroatoms. The largest absolute Gasteiger partial charge is 0.296 e. The van der Waals surface area contributed by atoms with Crippen molar-refractivity contribution in [3.8, 4) is 0 Å². The number of carbonyl (C=O) groups excluding carboxylic acids is 1. The average Bonchev–Trinajstić information content (AvgIpc) is 3.11. The van der Waals surface area contributed by atoms with Gasteiger partial charge in [-0.25, -0.2) is 0 Å². The highest BCUT2D eigenvalue weighted by molar-refractivity contribution is 7.17. The molecule has 3 aromatic rings. The van der Waals surface area contributed by atoms with Gasteiger partial charge < -0.3 is 0 Å². The van der Waals surface area contributed by atoms with Crippen molar-refractivity contribution in [2.24, 2.45) is 0 Å². The van der Waals surface area contributed by atoms with Crippen molar-refractivity contribution >= 4 is 43.8 Å². The molecule has 1 amide bonds. The summed E-state index contributed by atoms with van der Waals surface area (Å²) in [5.74, 6) is -0.120. The third-order valence-electron chi connectivity index (χ3n) is 3.16. The molecular formula is C15H15N3OS2. The van der Waals surface area contributed by atoms with Gasteiger partial charge in [-0.3, -0.25) is 10.1 Å². The van der Waals surface area contributed by atoms with E-state index in [4.69, 9.17) is 0 Å². The molecule has 0 aliphatic rings. The lowest BCUT2D eigenvalue weighted by Crippen LogP contribution is -2.10. The van der Waals surface area contributed by atoms with Gasteiger partial charge >= 0.3 is 0 Å². The van der Waals surface area contributed by atoms with E-state index < -0.39 is 0 Å². The molecule has 3 rings (SSSR count). The minimum Gasteiger partial charge on any atom is -0.296 e. The second kappa shape index (κ2) is 6.32. The summed E-state index contributed by atoms with van der Waals surface area (Å²) in [6.07, 6.45) is 3.14. The Hall–Kier alpha value is -1.79. The standard InChI is InChI=1S/C15H15N3OS2/c1-2-3-8-13-17-18-15(21-13)16-14(19)11-9-20-12-7-5-4-6-10(11)12/h4-7,9H,2-3,8H2,1H3,(H,16,18,19). The molecule has 0 atom stereocenters. The zero-order valence-electron chi connectivity index (χ0n) is 11.6. The number of rotatable bonds is 5. The van der Waals surface area contributed by atoms with Gasteiger partial charge in [0.15, 0.2) is 0 Å². The summed E-state index contributed by atoms with van der Waals surface area (Å²) >= 11 is 3.03. The molecule has 0 saturated carbocycles. The van der Waals surface area contributed by atoms with E-state index in [1.54, 1.807) is 11.3 Å². The van der Waals surface area contributed by atoms with Crippen LogP contribution in [0.1, 0.15) is 35.1 Å². The second-order valence-corrected chi connectivity index (χ2v) is 6.68. The molecule has 0 radical (unpaired) electrons. The number of amides is 1. The van der Waals surface area contributed by atoms with Gasteiger partial charge in [-0.05, 0) is 12.5 Å². The van der Waals surface area contributed by atoms with Crippen LogP contribution in [0.15, 0.2) is 29.6 Å². The number of carbonyl (C=O) groups is 1. The first-order valence-corrected chi connectivity index (χ1v) is 8.57. The maximum absolute atomic E-state index is 12.3. The number of aromatic nitrogens is 2. The van der Waals surface area contributed by atoms with Crippen LogP contribution < -0.4 is 5.32 Å². The van der Waals surface area contributed by atoms with E-state index in [0.717, 1.165) is 34.4 Å². The number of unbranched alkanes of at least 4 members (excludes halogenated alkanes) is 1. The normalized spacial score (nSPS) is 10.9. The monoisotopic (exact) mass is 317 g/mol. The number of nitrogens with one attached hydrogen (secondary N) is 1. The van der Waals surface area contributed by atoms with Crippen LogP contribution in [0.3, 0.4) is 0 Å². The molecule has 1 N–H and O–H groups in total. The summed E-state index contributed by atoms with van der Waals surface area (Å²) < 4.78 is 1.11. The van der Waals surface area contributed by atoms with E-state index in [1.807, 2.05) is 29.6 Å². The first-order valence-electron chi connectivity index (χ1n) is 6.88. The number of hydrogen-bond donors (Lipinski definition) is 1. The van der Waals surface area contributed by atoms with Gasteiger partial charge in [0.25, 0.3) is 5.91 Å². The predicted molar refractivity (Wildman–Crippen MR) is 88.3 cm³/mol. The van der Waals surface area contributed by atoms with Crippen LogP contribution in [0.4, 0.5) is 5.13 Å². The molecule has 2 aromatic heterocycles. The molecule has 21 heavy (non-hydrogen) atoms. The van der Waals surface area contributed by atoms with Crippen LogP contribution in [-0.2, 0) is 6.42 Å². The topological polar surface area (TPSA) is 54.9 Å². The zero-order chi connectivity index (χ0) is 14.7. The number of benzene rings is 1. The smallest absolute Gasteiger partial charge is 0.258 e. The Bertz CT molecular complexity index is 763. The molecule has 1 aromatic carbocycles. The Labute approximate surface area is 130 Å². The van der Waals surface area contributed by atoms with Gasteiger partial charge in [0.1, 0.15) is 5.01 Å². The van der Waals surface area contributed by atoms with Crippen molar-refractivity contribution in [2.75, 3.05) is 5.32 Å². The van der Waals surface area contributed by atoms with Gasteiger partial charge in [-0.15, -0.1) is 21.5 Å². The number of hydrogen-bond acceptors (Lipinski definition) is 5. The molecule has 108 valence electrons. The molecule has 0 aliphatic carbocycles. The van der Waals surface area contributed by atoms with Crippen molar-refractivity contribution in [1.29, 1.82) is 0 Å². The number of nitrogens with zero attached hydrogens (tertiary/aromatic N) is 2. The lowest BCUT2D eigenvalue weighted by Gasteiger charge is -1.99. The van der Waals surface area contributed by atoms with Crippen LogP contribution in [0.5, 0.6) is 0 Å². The lowest BCUT2D eigenvalue weighted by molar-refractivity contribution is 0.102. The van der Waals surface area contributed by atoms with Gasteiger partial charge in [0.05, 0.1) is 5.56 Å². The summed E-state index contributed by atoms with van der Waals surface area (Å²) in [4.78, 5) is 12.3. The van der Waals surface area contributed by atoms with Crippen LogP contribution in [0, 0.1) is 0 Å². The van der Waals surface area contributed by atoms with Crippen molar-refractivity contribution in [3.63, 3.8) is 0 Å². The Morgan fingerprint density at radius 3 is 3.00 bits per heavy atom. The number of thiophene rings is 1. The summed E-state index contributed by atoms with van der Waals surface area (Å²) in [6.45, 7) is 2.14. The summed E-state index contributed by atoms with van der Waals surface area (Å²) in [5.41, 5.74) is 0.695.